The number of carboxylic acids is 1. The van der Waals surface area contributed by atoms with E-state index in [4.69, 9.17) is 9.47 Å². The van der Waals surface area contributed by atoms with Crippen LogP contribution in [0.15, 0.2) is 42.5 Å². The zero-order valence-electron chi connectivity index (χ0n) is 13.8. The number of halogens is 1. The van der Waals surface area contributed by atoms with Gasteiger partial charge < -0.3 is 19.9 Å². The highest BCUT2D eigenvalue weighted by atomic mass is 19.1. The number of amides is 1. The van der Waals surface area contributed by atoms with Crippen molar-refractivity contribution in [2.24, 2.45) is 0 Å². The summed E-state index contributed by atoms with van der Waals surface area (Å²) in [5.74, 6) is -1.52. The summed E-state index contributed by atoms with van der Waals surface area (Å²) >= 11 is 0. The quantitative estimate of drug-likeness (QED) is 0.804. The first-order chi connectivity index (χ1) is 11.9. The van der Waals surface area contributed by atoms with Gasteiger partial charge in [0.1, 0.15) is 22.9 Å². The third-order valence-electron chi connectivity index (χ3n) is 3.47. The first-order valence-electron chi connectivity index (χ1n) is 7.51. The maximum Gasteiger partial charge on any atom is 0.339 e. The maximum absolute atomic E-state index is 12.8. The van der Waals surface area contributed by atoms with Crippen LogP contribution in [0, 0.1) is 5.82 Å². The number of hydrogen-bond donors (Lipinski definition) is 2. The number of nitrogens with one attached hydrogen (secondary N) is 1. The fourth-order valence-electron chi connectivity index (χ4n) is 2.09. The Balaban J connectivity index is 2.01. The van der Waals surface area contributed by atoms with Crippen LogP contribution in [0.4, 0.5) is 4.39 Å². The fourth-order valence-corrected chi connectivity index (χ4v) is 2.09. The molecule has 0 aromatic heterocycles. The average Bonchev–Trinajstić information content (AvgIpc) is 2.61. The minimum atomic E-state index is -1.19. The van der Waals surface area contributed by atoms with Crippen LogP contribution in [0.3, 0.4) is 0 Å². The molecule has 0 fully saturated rings. The second kappa shape index (κ2) is 8.14. The molecule has 0 aliphatic rings. The molecule has 2 N–H and O–H groups in total. The largest absolute Gasteiger partial charge is 0.497 e. The lowest BCUT2D eigenvalue weighted by Gasteiger charge is -2.16. The van der Waals surface area contributed by atoms with Gasteiger partial charge in [-0.05, 0) is 42.8 Å². The molecule has 2 aromatic carbocycles. The predicted octanol–water partition coefficient (Wildman–Crippen LogP) is 2.62. The molecule has 0 aliphatic carbocycles. The van der Waals surface area contributed by atoms with E-state index in [0.29, 0.717) is 5.75 Å². The summed E-state index contributed by atoms with van der Waals surface area (Å²) in [6.45, 7) is 1.72. The number of carboxylic acid groups (broad SMARTS) is 1. The second-order valence-electron chi connectivity index (χ2n) is 5.27. The van der Waals surface area contributed by atoms with Crippen LogP contribution >= 0.6 is 0 Å². The lowest BCUT2D eigenvalue weighted by atomic mass is 10.2. The first kappa shape index (κ1) is 18.3. The summed E-state index contributed by atoms with van der Waals surface area (Å²) in [6, 6.07) is 10.0. The number of hydrogen-bond acceptors (Lipinski definition) is 4. The standard InChI is InChI=1S/C18H18FNO5/c1-11(17(21)20-10-12-3-5-13(19)6-4-12)25-16-8-7-14(24-2)9-15(16)18(22)23/h3-9,11H,10H2,1-2H3,(H,20,21)(H,22,23)/t11-/m1/s1. The van der Waals surface area contributed by atoms with E-state index in [1.54, 1.807) is 18.2 Å². The monoisotopic (exact) mass is 347 g/mol. The number of aromatic carboxylic acids is 1. The number of carbonyl (C=O) groups excluding carboxylic acids is 1. The number of rotatable bonds is 7. The van der Waals surface area contributed by atoms with Crippen molar-refractivity contribution in [3.05, 3.63) is 59.4 Å². The van der Waals surface area contributed by atoms with E-state index in [1.807, 2.05) is 0 Å². The highest BCUT2D eigenvalue weighted by Crippen LogP contribution is 2.25. The summed E-state index contributed by atoms with van der Waals surface area (Å²) in [4.78, 5) is 23.4. The van der Waals surface area contributed by atoms with Gasteiger partial charge in [-0.1, -0.05) is 12.1 Å². The Hall–Kier alpha value is -3.09. The zero-order chi connectivity index (χ0) is 18.4. The minimum absolute atomic E-state index is 0.0673. The molecule has 25 heavy (non-hydrogen) atoms. The molecule has 2 rings (SSSR count). The predicted molar refractivity (Wildman–Crippen MR) is 88.3 cm³/mol. The smallest absolute Gasteiger partial charge is 0.339 e. The van der Waals surface area contributed by atoms with Crippen molar-refractivity contribution in [1.29, 1.82) is 0 Å². The third-order valence-corrected chi connectivity index (χ3v) is 3.47. The number of ether oxygens (including phenoxy) is 2. The van der Waals surface area contributed by atoms with Crippen LogP contribution in [0.2, 0.25) is 0 Å². The number of carbonyl (C=O) groups is 2. The molecule has 0 radical (unpaired) electrons. The van der Waals surface area contributed by atoms with Gasteiger partial charge in [-0.2, -0.15) is 0 Å². The van der Waals surface area contributed by atoms with E-state index >= 15 is 0 Å². The van der Waals surface area contributed by atoms with Gasteiger partial charge in [0.15, 0.2) is 6.10 Å². The molecule has 7 heteroatoms. The Labute approximate surface area is 144 Å². The van der Waals surface area contributed by atoms with E-state index in [9.17, 15) is 19.1 Å². The van der Waals surface area contributed by atoms with Gasteiger partial charge in [0, 0.05) is 6.54 Å². The highest BCUT2D eigenvalue weighted by Gasteiger charge is 2.19. The van der Waals surface area contributed by atoms with E-state index in [0.717, 1.165) is 5.56 Å². The molecule has 1 amide bonds. The summed E-state index contributed by atoms with van der Waals surface area (Å²) in [7, 11) is 1.42. The van der Waals surface area contributed by atoms with Gasteiger partial charge in [-0.15, -0.1) is 0 Å². The number of methoxy groups -OCH3 is 1. The van der Waals surface area contributed by atoms with Gasteiger partial charge in [-0.3, -0.25) is 4.79 Å². The van der Waals surface area contributed by atoms with E-state index in [2.05, 4.69) is 5.32 Å². The second-order valence-corrected chi connectivity index (χ2v) is 5.27. The first-order valence-corrected chi connectivity index (χ1v) is 7.51. The van der Waals surface area contributed by atoms with Crippen molar-refractivity contribution in [3.63, 3.8) is 0 Å². The van der Waals surface area contributed by atoms with Crippen LogP contribution in [0.5, 0.6) is 11.5 Å². The molecule has 0 aliphatic heterocycles. The zero-order valence-corrected chi connectivity index (χ0v) is 13.8. The molecule has 0 heterocycles. The molecule has 0 spiro atoms. The van der Waals surface area contributed by atoms with Crippen molar-refractivity contribution in [3.8, 4) is 11.5 Å². The molecule has 132 valence electrons. The molecule has 0 saturated heterocycles. The third kappa shape index (κ3) is 4.94. The summed E-state index contributed by atoms with van der Waals surface area (Å²) in [6.07, 6.45) is -0.910. The fraction of sp³-hybridized carbons (Fsp3) is 0.222. The molecular formula is C18H18FNO5. The van der Waals surface area contributed by atoms with Crippen molar-refractivity contribution < 1.29 is 28.6 Å². The SMILES string of the molecule is COc1ccc(O[C@H](C)C(=O)NCc2ccc(F)cc2)c(C(=O)O)c1. The van der Waals surface area contributed by atoms with E-state index < -0.39 is 18.0 Å². The van der Waals surface area contributed by atoms with Crippen molar-refractivity contribution in [2.75, 3.05) is 7.11 Å². The normalized spacial score (nSPS) is 11.5. The van der Waals surface area contributed by atoms with Crippen molar-refractivity contribution in [1.82, 2.24) is 5.32 Å². The Morgan fingerprint density at radius 3 is 2.48 bits per heavy atom. The van der Waals surface area contributed by atoms with Crippen molar-refractivity contribution >= 4 is 11.9 Å². The molecule has 1 atom stereocenters. The Morgan fingerprint density at radius 2 is 1.88 bits per heavy atom. The van der Waals surface area contributed by atoms with Gasteiger partial charge >= 0.3 is 5.97 Å². The van der Waals surface area contributed by atoms with Gasteiger partial charge in [0.2, 0.25) is 0 Å². The molecule has 6 nitrogen and oxygen atoms in total. The van der Waals surface area contributed by atoms with E-state index in [-0.39, 0.29) is 23.7 Å². The van der Waals surface area contributed by atoms with Crippen LogP contribution < -0.4 is 14.8 Å². The van der Waals surface area contributed by atoms with Crippen LogP contribution in [0.25, 0.3) is 0 Å². The molecule has 0 bridgehead atoms. The van der Waals surface area contributed by atoms with Gasteiger partial charge in [0.05, 0.1) is 7.11 Å². The number of benzene rings is 2. The van der Waals surface area contributed by atoms with Gasteiger partial charge in [0.25, 0.3) is 5.91 Å². The average molecular weight is 347 g/mol. The summed E-state index contributed by atoms with van der Waals surface area (Å²) in [5.41, 5.74) is 0.634. The van der Waals surface area contributed by atoms with Crippen LogP contribution in [-0.4, -0.2) is 30.2 Å². The topological polar surface area (TPSA) is 84.9 Å². The van der Waals surface area contributed by atoms with Gasteiger partial charge in [-0.25, -0.2) is 9.18 Å². The maximum atomic E-state index is 12.8. The molecule has 0 unspecified atom stereocenters. The van der Waals surface area contributed by atoms with Crippen molar-refractivity contribution in [2.45, 2.75) is 19.6 Å². The lowest BCUT2D eigenvalue weighted by Crippen LogP contribution is -2.36. The molecule has 0 saturated carbocycles. The Kier molecular flexibility index (Phi) is 5.94. The molecule has 2 aromatic rings. The van der Waals surface area contributed by atoms with Crippen LogP contribution in [0.1, 0.15) is 22.8 Å². The highest BCUT2D eigenvalue weighted by molar-refractivity contribution is 5.91. The van der Waals surface area contributed by atoms with E-state index in [1.165, 1.54) is 38.3 Å². The minimum Gasteiger partial charge on any atom is -0.497 e. The molecular weight excluding hydrogens is 329 g/mol. The summed E-state index contributed by atoms with van der Waals surface area (Å²) in [5, 5.41) is 11.9. The Morgan fingerprint density at radius 1 is 1.20 bits per heavy atom. The van der Waals surface area contributed by atoms with Crippen LogP contribution in [-0.2, 0) is 11.3 Å². The lowest BCUT2D eigenvalue weighted by molar-refractivity contribution is -0.127. The Bertz CT molecular complexity index is 761. The summed E-state index contributed by atoms with van der Waals surface area (Å²) < 4.78 is 23.3.